The molecule has 3 nitrogen and oxygen atoms in total. The SMILES string of the molecule is Cc1cc(N2CCCC(CO)C2)c2ccccc2n1. The van der Waals surface area contributed by atoms with Gasteiger partial charge in [-0.25, -0.2) is 0 Å². The summed E-state index contributed by atoms with van der Waals surface area (Å²) in [5, 5.41) is 10.6. The van der Waals surface area contributed by atoms with E-state index in [9.17, 15) is 5.11 Å². The molecule has 1 unspecified atom stereocenters. The van der Waals surface area contributed by atoms with Gasteiger partial charge in [0.15, 0.2) is 0 Å². The number of fused-ring (bicyclic) bond motifs is 1. The molecule has 0 amide bonds. The Morgan fingerprint density at radius 1 is 1.37 bits per heavy atom. The van der Waals surface area contributed by atoms with Gasteiger partial charge in [-0.1, -0.05) is 18.2 Å². The fourth-order valence-electron chi connectivity index (χ4n) is 2.98. The molecule has 19 heavy (non-hydrogen) atoms. The molecule has 2 heterocycles. The molecule has 1 aliphatic heterocycles. The Labute approximate surface area is 113 Å². The van der Waals surface area contributed by atoms with Crippen LogP contribution >= 0.6 is 0 Å². The van der Waals surface area contributed by atoms with Gasteiger partial charge < -0.3 is 10.0 Å². The van der Waals surface area contributed by atoms with E-state index in [1.165, 1.54) is 11.1 Å². The number of aryl methyl sites for hydroxylation is 1. The van der Waals surface area contributed by atoms with Crippen molar-refractivity contribution in [2.24, 2.45) is 5.92 Å². The van der Waals surface area contributed by atoms with Gasteiger partial charge in [0.2, 0.25) is 0 Å². The number of aliphatic hydroxyl groups excluding tert-OH is 1. The van der Waals surface area contributed by atoms with Crippen LogP contribution in [0.25, 0.3) is 10.9 Å². The van der Waals surface area contributed by atoms with Crippen molar-refractivity contribution < 1.29 is 5.11 Å². The zero-order valence-electron chi connectivity index (χ0n) is 11.3. The van der Waals surface area contributed by atoms with Crippen molar-refractivity contribution in [3.8, 4) is 0 Å². The van der Waals surface area contributed by atoms with Gasteiger partial charge in [0.25, 0.3) is 0 Å². The maximum atomic E-state index is 9.38. The smallest absolute Gasteiger partial charge is 0.0726 e. The molecule has 1 N–H and O–H groups in total. The summed E-state index contributed by atoms with van der Waals surface area (Å²) in [5.74, 6) is 0.404. The van der Waals surface area contributed by atoms with E-state index in [2.05, 4.69) is 34.1 Å². The fourth-order valence-corrected chi connectivity index (χ4v) is 2.98. The fraction of sp³-hybridized carbons (Fsp3) is 0.438. The Kier molecular flexibility index (Phi) is 3.38. The molecule has 2 aromatic rings. The summed E-state index contributed by atoms with van der Waals surface area (Å²) in [5.41, 5.74) is 3.38. The van der Waals surface area contributed by atoms with Crippen LogP contribution in [-0.2, 0) is 0 Å². The van der Waals surface area contributed by atoms with Gasteiger partial charge in [-0.05, 0) is 37.8 Å². The minimum atomic E-state index is 0.290. The van der Waals surface area contributed by atoms with Crippen LogP contribution in [0.2, 0.25) is 0 Å². The van der Waals surface area contributed by atoms with Crippen LogP contribution in [0.3, 0.4) is 0 Å². The van der Waals surface area contributed by atoms with Crippen molar-refractivity contribution >= 4 is 16.6 Å². The lowest BCUT2D eigenvalue weighted by Crippen LogP contribution is -2.37. The van der Waals surface area contributed by atoms with Crippen LogP contribution in [0.4, 0.5) is 5.69 Å². The normalized spacial score (nSPS) is 19.9. The van der Waals surface area contributed by atoms with E-state index in [1.54, 1.807) is 0 Å². The summed E-state index contributed by atoms with van der Waals surface area (Å²) in [6.07, 6.45) is 2.29. The van der Waals surface area contributed by atoms with E-state index >= 15 is 0 Å². The minimum absolute atomic E-state index is 0.290. The van der Waals surface area contributed by atoms with Crippen molar-refractivity contribution in [2.75, 3.05) is 24.6 Å². The predicted molar refractivity (Wildman–Crippen MR) is 78.5 cm³/mol. The molecule has 0 radical (unpaired) electrons. The third-order valence-corrected chi connectivity index (χ3v) is 3.94. The van der Waals surface area contributed by atoms with Crippen LogP contribution in [-0.4, -0.2) is 29.8 Å². The van der Waals surface area contributed by atoms with Crippen LogP contribution in [0, 0.1) is 12.8 Å². The molecule has 1 aromatic heterocycles. The molecule has 0 aliphatic carbocycles. The molecule has 3 heteroatoms. The van der Waals surface area contributed by atoms with Crippen LogP contribution in [0.15, 0.2) is 30.3 Å². The minimum Gasteiger partial charge on any atom is -0.396 e. The maximum absolute atomic E-state index is 9.38. The first-order valence-electron chi connectivity index (χ1n) is 7.00. The van der Waals surface area contributed by atoms with Crippen LogP contribution in [0.1, 0.15) is 18.5 Å². The standard InChI is InChI=1S/C16H20N2O/c1-12-9-16(14-6-2-3-7-15(14)17-12)18-8-4-5-13(10-18)11-19/h2-3,6-7,9,13,19H,4-5,8,10-11H2,1H3. The molecule has 0 spiro atoms. The lowest BCUT2D eigenvalue weighted by atomic mass is 9.98. The second-order valence-corrected chi connectivity index (χ2v) is 5.44. The summed E-state index contributed by atoms with van der Waals surface area (Å²) in [6, 6.07) is 10.5. The third kappa shape index (κ3) is 2.43. The molecule has 0 bridgehead atoms. The average Bonchev–Trinajstić information content (AvgIpc) is 2.46. The van der Waals surface area contributed by atoms with E-state index in [1.807, 2.05) is 13.0 Å². The first kappa shape index (κ1) is 12.4. The average molecular weight is 256 g/mol. The zero-order valence-corrected chi connectivity index (χ0v) is 11.3. The first-order chi connectivity index (χ1) is 9.28. The zero-order chi connectivity index (χ0) is 13.2. The lowest BCUT2D eigenvalue weighted by Gasteiger charge is -2.34. The van der Waals surface area contributed by atoms with Gasteiger partial charge in [0.05, 0.1) is 5.52 Å². The number of para-hydroxylation sites is 1. The second kappa shape index (κ2) is 5.17. The molecule has 1 fully saturated rings. The highest BCUT2D eigenvalue weighted by Gasteiger charge is 2.21. The highest BCUT2D eigenvalue weighted by atomic mass is 16.3. The molecule has 100 valence electrons. The summed E-state index contributed by atoms with van der Waals surface area (Å²) in [6.45, 7) is 4.36. The van der Waals surface area contributed by atoms with Gasteiger partial charge in [0, 0.05) is 36.5 Å². The van der Waals surface area contributed by atoms with E-state index < -0.39 is 0 Å². The number of hydrogen-bond donors (Lipinski definition) is 1. The Morgan fingerprint density at radius 3 is 3.05 bits per heavy atom. The van der Waals surface area contributed by atoms with Gasteiger partial charge in [-0.2, -0.15) is 0 Å². The van der Waals surface area contributed by atoms with E-state index in [4.69, 9.17) is 0 Å². The third-order valence-electron chi connectivity index (χ3n) is 3.94. The number of pyridine rings is 1. The molecule has 1 atom stereocenters. The number of rotatable bonds is 2. The number of anilines is 1. The summed E-state index contributed by atoms with van der Waals surface area (Å²) in [7, 11) is 0. The van der Waals surface area contributed by atoms with E-state index in [-0.39, 0.29) is 0 Å². The van der Waals surface area contributed by atoms with E-state index in [0.29, 0.717) is 12.5 Å². The highest BCUT2D eigenvalue weighted by Crippen LogP contribution is 2.30. The molecular weight excluding hydrogens is 236 g/mol. The quantitative estimate of drug-likeness (QED) is 0.897. The molecule has 3 rings (SSSR count). The topological polar surface area (TPSA) is 36.4 Å². The number of piperidine rings is 1. The van der Waals surface area contributed by atoms with Gasteiger partial charge in [-0.15, -0.1) is 0 Å². The monoisotopic (exact) mass is 256 g/mol. The molecular formula is C16H20N2O. The number of hydrogen-bond acceptors (Lipinski definition) is 3. The predicted octanol–water partition coefficient (Wildman–Crippen LogP) is 2.75. The summed E-state index contributed by atoms with van der Waals surface area (Å²) in [4.78, 5) is 7.00. The molecule has 0 saturated carbocycles. The molecule has 1 aliphatic rings. The summed E-state index contributed by atoms with van der Waals surface area (Å²) < 4.78 is 0. The Balaban J connectivity index is 2.03. The lowest BCUT2D eigenvalue weighted by molar-refractivity contribution is 0.209. The second-order valence-electron chi connectivity index (χ2n) is 5.44. The Bertz CT molecular complexity index is 582. The van der Waals surface area contributed by atoms with Crippen molar-refractivity contribution in [3.63, 3.8) is 0 Å². The largest absolute Gasteiger partial charge is 0.396 e. The van der Waals surface area contributed by atoms with Crippen LogP contribution in [0.5, 0.6) is 0 Å². The maximum Gasteiger partial charge on any atom is 0.0726 e. The molecule has 1 saturated heterocycles. The Morgan fingerprint density at radius 2 is 2.21 bits per heavy atom. The summed E-state index contributed by atoms with van der Waals surface area (Å²) >= 11 is 0. The number of aliphatic hydroxyl groups is 1. The molecule has 1 aromatic carbocycles. The van der Waals surface area contributed by atoms with Crippen molar-refractivity contribution in [1.82, 2.24) is 4.98 Å². The number of benzene rings is 1. The number of aromatic nitrogens is 1. The Hall–Kier alpha value is -1.61. The van der Waals surface area contributed by atoms with Gasteiger partial charge in [-0.3, -0.25) is 4.98 Å². The first-order valence-corrected chi connectivity index (χ1v) is 7.00. The highest BCUT2D eigenvalue weighted by molar-refractivity contribution is 5.92. The van der Waals surface area contributed by atoms with Crippen molar-refractivity contribution in [2.45, 2.75) is 19.8 Å². The van der Waals surface area contributed by atoms with Crippen molar-refractivity contribution in [1.29, 1.82) is 0 Å². The van der Waals surface area contributed by atoms with E-state index in [0.717, 1.165) is 37.1 Å². The van der Waals surface area contributed by atoms with Gasteiger partial charge >= 0.3 is 0 Å². The van der Waals surface area contributed by atoms with Crippen LogP contribution < -0.4 is 4.90 Å². The van der Waals surface area contributed by atoms with Crippen molar-refractivity contribution in [3.05, 3.63) is 36.0 Å². The number of nitrogens with zero attached hydrogens (tertiary/aromatic N) is 2. The van der Waals surface area contributed by atoms with Gasteiger partial charge in [0.1, 0.15) is 0 Å².